The van der Waals surface area contributed by atoms with Crippen LogP contribution in [0.15, 0.2) is 0 Å². The predicted octanol–water partition coefficient (Wildman–Crippen LogP) is 0.676. The van der Waals surface area contributed by atoms with Gasteiger partial charge >= 0.3 is 45.9 Å². The molecule has 0 fully saturated rings. The van der Waals surface area contributed by atoms with Crippen molar-refractivity contribution in [3.05, 3.63) is 0 Å². The van der Waals surface area contributed by atoms with Crippen LogP contribution < -0.4 is 34.7 Å². The minimum Gasteiger partial charge on any atom is -0.550 e. The molecule has 0 aromatic heterocycles. The quantitative estimate of drug-likeness (QED) is 0.274. The first-order chi connectivity index (χ1) is 13.0. The van der Waals surface area contributed by atoms with Gasteiger partial charge in [0.05, 0.1) is 5.41 Å². The monoisotopic (exact) mass is 444 g/mol. The first-order valence-electron chi connectivity index (χ1n) is 10.4. The van der Waals surface area contributed by atoms with Gasteiger partial charge in [-0.25, -0.2) is 0 Å². The van der Waals surface area contributed by atoms with Crippen LogP contribution in [0.1, 0.15) is 98.3 Å². The van der Waals surface area contributed by atoms with Gasteiger partial charge in [-0.05, 0) is 24.7 Å². The molecule has 166 valence electrons. The van der Waals surface area contributed by atoms with Crippen LogP contribution in [0.25, 0.3) is 0 Å². The zero-order valence-electron chi connectivity index (χ0n) is 18.7. The third kappa shape index (κ3) is 13.0. The molecule has 0 aliphatic rings. The second kappa shape index (κ2) is 15.6. The number of rotatable bonds is 16. The molecule has 2 atom stereocenters. The molecular formula is C20H37NaO7S. The van der Waals surface area contributed by atoms with Gasteiger partial charge in [-0.1, -0.05) is 79.1 Å². The number of unbranched alkanes of at least 4 members (excludes halogenated alkanes) is 2. The largest absolute Gasteiger partial charge is 1.00 e. The summed E-state index contributed by atoms with van der Waals surface area (Å²) in [5.41, 5.74) is -1.53. The summed E-state index contributed by atoms with van der Waals surface area (Å²) in [6, 6.07) is 0. The second-order valence-electron chi connectivity index (χ2n) is 7.87. The Morgan fingerprint density at radius 1 is 0.966 bits per heavy atom. The van der Waals surface area contributed by atoms with Crippen LogP contribution in [0, 0.1) is 17.3 Å². The van der Waals surface area contributed by atoms with E-state index in [1.807, 2.05) is 27.7 Å². The van der Waals surface area contributed by atoms with Gasteiger partial charge in [0, 0.05) is 12.4 Å². The van der Waals surface area contributed by atoms with E-state index >= 15 is 0 Å². The molecule has 0 aromatic carbocycles. The molecule has 0 amide bonds. The number of carbonyl (C=O) groups is 2. The minimum atomic E-state index is -5.02. The van der Waals surface area contributed by atoms with Crippen molar-refractivity contribution >= 4 is 22.3 Å². The molecular weight excluding hydrogens is 407 g/mol. The first-order valence-corrected chi connectivity index (χ1v) is 11.8. The third-order valence-electron chi connectivity index (χ3n) is 5.54. The molecule has 0 saturated heterocycles. The summed E-state index contributed by atoms with van der Waals surface area (Å²) in [5.74, 6) is -2.51. The van der Waals surface area contributed by atoms with Crippen molar-refractivity contribution in [2.24, 2.45) is 17.3 Å². The van der Waals surface area contributed by atoms with Crippen LogP contribution >= 0.6 is 0 Å². The molecule has 0 aliphatic carbocycles. The first kappa shape index (κ1) is 31.0. The molecule has 2 unspecified atom stereocenters. The molecule has 0 rings (SSSR count). The maximum atomic E-state index is 12.8. The van der Waals surface area contributed by atoms with E-state index in [4.69, 9.17) is 4.55 Å². The SMILES string of the molecule is CCCCC(CC)CC(CC(=O)[O-])(CC(CC)CCCC)C(=O)OS(=O)(=O)O.[Na+]. The summed E-state index contributed by atoms with van der Waals surface area (Å²) in [7, 11) is -5.02. The summed E-state index contributed by atoms with van der Waals surface area (Å²) in [5, 5.41) is 11.5. The summed E-state index contributed by atoms with van der Waals surface area (Å²) in [6.07, 6.45) is 6.68. The minimum absolute atomic E-state index is 0. The van der Waals surface area contributed by atoms with Gasteiger partial charge in [0.25, 0.3) is 0 Å². The topological polar surface area (TPSA) is 121 Å². The Kier molecular flexibility index (Phi) is 16.7. The number of carboxylic acid groups (broad SMARTS) is 1. The van der Waals surface area contributed by atoms with Crippen LogP contribution in [0.2, 0.25) is 0 Å². The predicted molar refractivity (Wildman–Crippen MR) is 106 cm³/mol. The molecule has 0 radical (unpaired) electrons. The molecule has 1 N–H and O–H groups in total. The number of hydrogen-bond donors (Lipinski definition) is 1. The Morgan fingerprint density at radius 3 is 1.66 bits per heavy atom. The summed E-state index contributed by atoms with van der Waals surface area (Å²) in [4.78, 5) is 24.3. The molecule has 0 spiro atoms. The molecule has 0 aliphatic heterocycles. The van der Waals surface area contributed by atoms with Gasteiger partial charge in [0.2, 0.25) is 0 Å². The van der Waals surface area contributed by atoms with Crippen molar-refractivity contribution in [1.82, 2.24) is 0 Å². The van der Waals surface area contributed by atoms with Crippen molar-refractivity contribution in [3.8, 4) is 0 Å². The maximum Gasteiger partial charge on any atom is 1.00 e. The molecule has 7 nitrogen and oxygen atoms in total. The Hall–Kier alpha value is -0.150. The summed E-state index contributed by atoms with van der Waals surface area (Å²) >= 11 is 0. The van der Waals surface area contributed by atoms with E-state index in [0.717, 1.165) is 51.4 Å². The van der Waals surface area contributed by atoms with Crippen molar-refractivity contribution in [2.45, 2.75) is 98.3 Å². The van der Waals surface area contributed by atoms with Gasteiger partial charge in [-0.3, -0.25) is 9.35 Å². The Morgan fingerprint density at radius 2 is 1.38 bits per heavy atom. The third-order valence-corrected chi connectivity index (χ3v) is 5.90. The smallest absolute Gasteiger partial charge is 0.550 e. The van der Waals surface area contributed by atoms with Crippen molar-refractivity contribution in [1.29, 1.82) is 0 Å². The Balaban J connectivity index is 0. The van der Waals surface area contributed by atoms with Gasteiger partial charge in [0.1, 0.15) is 0 Å². The molecule has 0 heterocycles. The van der Waals surface area contributed by atoms with Gasteiger partial charge in [-0.2, -0.15) is 8.42 Å². The van der Waals surface area contributed by atoms with Crippen molar-refractivity contribution < 1.29 is 61.4 Å². The summed E-state index contributed by atoms with van der Waals surface area (Å²) in [6.45, 7) is 8.02. The normalized spacial score (nSPS) is 15.6. The van der Waals surface area contributed by atoms with Gasteiger partial charge in [0.15, 0.2) is 0 Å². The van der Waals surface area contributed by atoms with Crippen molar-refractivity contribution in [2.75, 3.05) is 0 Å². The Bertz CT molecular complexity index is 559. The maximum absolute atomic E-state index is 12.8. The fourth-order valence-corrected chi connectivity index (χ4v) is 4.29. The summed E-state index contributed by atoms with van der Waals surface area (Å²) < 4.78 is 35.7. The van der Waals surface area contributed by atoms with E-state index in [1.54, 1.807) is 0 Å². The zero-order valence-corrected chi connectivity index (χ0v) is 21.6. The van der Waals surface area contributed by atoms with Gasteiger partial charge < -0.3 is 14.1 Å². The molecule has 0 saturated carbocycles. The number of aliphatic carboxylic acids is 1. The van der Waals surface area contributed by atoms with Crippen LogP contribution in [-0.4, -0.2) is 24.9 Å². The van der Waals surface area contributed by atoms with Crippen molar-refractivity contribution in [3.63, 3.8) is 0 Å². The average Bonchev–Trinajstić information content (AvgIpc) is 2.59. The number of hydrogen-bond acceptors (Lipinski definition) is 6. The van der Waals surface area contributed by atoms with E-state index in [2.05, 4.69) is 4.18 Å². The van der Waals surface area contributed by atoms with Crippen LogP contribution in [-0.2, 0) is 24.2 Å². The second-order valence-corrected chi connectivity index (χ2v) is 8.89. The molecule has 0 bridgehead atoms. The fraction of sp³-hybridized carbons (Fsp3) is 0.900. The van der Waals surface area contributed by atoms with E-state index in [-0.39, 0.29) is 54.2 Å². The zero-order chi connectivity index (χ0) is 21.8. The Labute approximate surface area is 198 Å². The van der Waals surface area contributed by atoms with Gasteiger partial charge in [-0.15, -0.1) is 0 Å². The standard InChI is InChI=1S/C20H38O7S.Na/c1-5-9-11-16(7-3)13-20(15-18(21)22,19(23)27-28(24,25)26)14-17(8-4)12-10-6-2;/h16-17H,5-15H2,1-4H3,(H,21,22)(H,24,25,26);/q;+1/p-1. The molecule has 0 aromatic rings. The molecule has 9 heteroatoms. The van der Waals surface area contributed by atoms with E-state index in [9.17, 15) is 23.1 Å². The van der Waals surface area contributed by atoms with E-state index in [0.29, 0.717) is 0 Å². The van der Waals surface area contributed by atoms with E-state index in [1.165, 1.54) is 0 Å². The number of carbonyl (C=O) groups excluding carboxylic acids is 2. The average molecular weight is 445 g/mol. The fourth-order valence-electron chi connectivity index (χ4n) is 3.92. The van der Waals surface area contributed by atoms with Crippen LogP contribution in [0.3, 0.4) is 0 Å². The van der Waals surface area contributed by atoms with E-state index < -0.39 is 34.2 Å². The van der Waals surface area contributed by atoms with Crippen LogP contribution in [0.4, 0.5) is 0 Å². The number of carboxylic acids is 1. The molecule has 29 heavy (non-hydrogen) atoms. The van der Waals surface area contributed by atoms with Crippen LogP contribution in [0.5, 0.6) is 0 Å².